The van der Waals surface area contributed by atoms with Crippen LogP contribution in [0.1, 0.15) is 26.7 Å². The zero-order valence-corrected chi connectivity index (χ0v) is 10.0. The molecule has 0 aromatic heterocycles. The molecule has 1 N–H and O–H groups in total. The first-order valence-corrected chi connectivity index (χ1v) is 5.88. The van der Waals surface area contributed by atoms with Crippen LogP contribution in [0.25, 0.3) is 0 Å². The Hall–Kier alpha value is -1.32. The zero-order chi connectivity index (χ0) is 12.0. The van der Waals surface area contributed by atoms with Gasteiger partial charge in [-0.3, -0.25) is 9.59 Å². The number of likely N-dealkylation sites (tertiary alicyclic amines) is 1. The van der Waals surface area contributed by atoms with Crippen molar-refractivity contribution in [1.29, 1.82) is 0 Å². The highest BCUT2D eigenvalue weighted by Gasteiger charge is 2.25. The van der Waals surface area contributed by atoms with Gasteiger partial charge in [0.25, 0.3) is 0 Å². The number of piperidine rings is 1. The molecule has 1 aliphatic heterocycles. The molecule has 4 heteroatoms. The van der Waals surface area contributed by atoms with Crippen LogP contribution >= 0.6 is 0 Å². The number of carbonyl (C=O) groups excluding carboxylic acids is 2. The van der Waals surface area contributed by atoms with Crippen molar-refractivity contribution in [3.05, 3.63) is 12.2 Å². The molecule has 1 saturated heterocycles. The van der Waals surface area contributed by atoms with E-state index in [2.05, 4.69) is 5.32 Å². The minimum Gasteiger partial charge on any atom is -0.356 e. The van der Waals surface area contributed by atoms with Crippen molar-refractivity contribution in [1.82, 2.24) is 10.2 Å². The first kappa shape index (κ1) is 12.7. The van der Waals surface area contributed by atoms with Crippen molar-refractivity contribution in [3.63, 3.8) is 0 Å². The van der Waals surface area contributed by atoms with Crippen molar-refractivity contribution < 1.29 is 9.59 Å². The molecule has 0 bridgehead atoms. The molecular formula is C12H20N2O2. The van der Waals surface area contributed by atoms with Crippen LogP contribution in [0.5, 0.6) is 0 Å². The quantitative estimate of drug-likeness (QED) is 0.725. The topological polar surface area (TPSA) is 49.4 Å². The molecule has 1 heterocycles. The molecule has 1 rings (SSSR count). The molecule has 0 aliphatic carbocycles. The van der Waals surface area contributed by atoms with E-state index < -0.39 is 0 Å². The van der Waals surface area contributed by atoms with Crippen molar-refractivity contribution in [3.8, 4) is 0 Å². The summed E-state index contributed by atoms with van der Waals surface area (Å²) in [5.74, 6) is 0.257. The lowest BCUT2D eigenvalue weighted by atomic mass is 9.96. The van der Waals surface area contributed by atoms with Crippen LogP contribution in [0.3, 0.4) is 0 Å². The van der Waals surface area contributed by atoms with Gasteiger partial charge in [0.15, 0.2) is 0 Å². The minimum absolute atomic E-state index is 0.0526. The van der Waals surface area contributed by atoms with Crippen LogP contribution in [-0.2, 0) is 9.59 Å². The fourth-order valence-electron chi connectivity index (χ4n) is 1.93. The van der Waals surface area contributed by atoms with Crippen LogP contribution < -0.4 is 5.32 Å². The average molecular weight is 224 g/mol. The lowest BCUT2D eigenvalue weighted by Crippen LogP contribution is -2.42. The normalized spacial score (nSPS) is 17.8. The summed E-state index contributed by atoms with van der Waals surface area (Å²) in [7, 11) is 0. The van der Waals surface area contributed by atoms with Crippen LogP contribution in [0.2, 0.25) is 0 Å². The standard InChI is InChI=1S/C12H20N2O2/c1-3-5-11(15)14-8-6-10(7-9-14)12(16)13-4-2/h3,5,10H,4,6-9H2,1-2H3,(H,13,16). The third-order valence-corrected chi connectivity index (χ3v) is 2.84. The summed E-state index contributed by atoms with van der Waals surface area (Å²) in [5.41, 5.74) is 0. The van der Waals surface area contributed by atoms with E-state index in [0.29, 0.717) is 19.6 Å². The van der Waals surface area contributed by atoms with Gasteiger partial charge in [-0.2, -0.15) is 0 Å². The maximum absolute atomic E-state index is 11.6. The van der Waals surface area contributed by atoms with Crippen molar-refractivity contribution >= 4 is 11.8 Å². The van der Waals surface area contributed by atoms with Crippen LogP contribution in [0, 0.1) is 5.92 Å². The predicted molar refractivity (Wildman–Crippen MR) is 62.8 cm³/mol. The Balaban J connectivity index is 2.39. The lowest BCUT2D eigenvalue weighted by molar-refractivity contribution is -0.132. The molecule has 0 saturated carbocycles. The van der Waals surface area contributed by atoms with E-state index >= 15 is 0 Å². The number of nitrogens with one attached hydrogen (secondary N) is 1. The smallest absolute Gasteiger partial charge is 0.246 e. The van der Waals surface area contributed by atoms with E-state index in [-0.39, 0.29) is 17.7 Å². The number of allylic oxidation sites excluding steroid dienone is 1. The first-order chi connectivity index (χ1) is 7.69. The molecule has 16 heavy (non-hydrogen) atoms. The molecule has 0 atom stereocenters. The highest BCUT2D eigenvalue weighted by molar-refractivity contribution is 5.87. The molecule has 0 spiro atoms. The molecule has 0 aromatic rings. The summed E-state index contributed by atoms with van der Waals surface area (Å²) in [6.45, 7) is 5.80. The van der Waals surface area contributed by atoms with Gasteiger partial charge in [0.05, 0.1) is 0 Å². The van der Waals surface area contributed by atoms with E-state index in [1.165, 1.54) is 0 Å². The number of rotatable bonds is 3. The molecule has 1 fully saturated rings. The van der Waals surface area contributed by atoms with Crippen molar-refractivity contribution in [2.24, 2.45) is 5.92 Å². The van der Waals surface area contributed by atoms with E-state index in [1.807, 2.05) is 13.8 Å². The molecular weight excluding hydrogens is 204 g/mol. The molecule has 90 valence electrons. The van der Waals surface area contributed by atoms with Crippen LogP contribution in [0.4, 0.5) is 0 Å². The first-order valence-electron chi connectivity index (χ1n) is 5.88. The number of hydrogen-bond donors (Lipinski definition) is 1. The summed E-state index contributed by atoms with van der Waals surface area (Å²) >= 11 is 0. The lowest BCUT2D eigenvalue weighted by Gasteiger charge is -2.30. The second kappa shape index (κ2) is 6.30. The van der Waals surface area contributed by atoms with E-state index in [0.717, 1.165) is 12.8 Å². The second-order valence-electron chi connectivity index (χ2n) is 3.99. The van der Waals surface area contributed by atoms with E-state index in [1.54, 1.807) is 17.1 Å². The second-order valence-corrected chi connectivity index (χ2v) is 3.99. The average Bonchev–Trinajstić information content (AvgIpc) is 2.30. The predicted octanol–water partition coefficient (Wildman–Crippen LogP) is 0.937. The highest BCUT2D eigenvalue weighted by atomic mass is 16.2. The Morgan fingerprint density at radius 2 is 2.00 bits per heavy atom. The SMILES string of the molecule is CC=CC(=O)N1CCC(C(=O)NCC)CC1. The van der Waals surface area contributed by atoms with Gasteiger partial charge < -0.3 is 10.2 Å². The van der Waals surface area contributed by atoms with Crippen molar-refractivity contribution in [2.75, 3.05) is 19.6 Å². The number of amides is 2. The number of nitrogens with zero attached hydrogens (tertiary/aromatic N) is 1. The van der Waals surface area contributed by atoms with Gasteiger partial charge in [-0.1, -0.05) is 6.08 Å². The van der Waals surface area contributed by atoms with Crippen LogP contribution in [-0.4, -0.2) is 36.3 Å². The van der Waals surface area contributed by atoms with Gasteiger partial charge in [0.1, 0.15) is 0 Å². The maximum atomic E-state index is 11.6. The largest absolute Gasteiger partial charge is 0.356 e. The van der Waals surface area contributed by atoms with Gasteiger partial charge >= 0.3 is 0 Å². The van der Waals surface area contributed by atoms with Gasteiger partial charge in [0, 0.05) is 25.6 Å². The third-order valence-electron chi connectivity index (χ3n) is 2.84. The Bertz CT molecular complexity index is 279. The van der Waals surface area contributed by atoms with Crippen LogP contribution in [0.15, 0.2) is 12.2 Å². The summed E-state index contributed by atoms with van der Waals surface area (Å²) in [5, 5.41) is 2.83. The Morgan fingerprint density at radius 1 is 1.38 bits per heavy atom. The Kier molecular flexibility index (Phi) is 5.02. The summed E-state index contributed by atoms with van der Waals surface area (Å²) < 4.78 is 0. The van der Waals surface area contributed by atoms with Gasteiger partial charge in [-0.25, -0.2) is 0 Å². The molecule has 0 radical (unpaired) electrons. The highest BCUT2D eigenvalue weighted by Crippen LogP contribution is 2.17. The molecule has 4 nitrogen and oxygen atoms in total. The van der Waals surface area contributed by atoms with Gasteiger partial charge in [-0.15, -0.1) is 0 Å². The maximum Gasteiger partial charge on any atom is 0.246 e. The molecule has 0 unspecified atom stereocenters. The fraction of sp³-hybridized carbons (Fsp3) is 0.667. The molecule has 0 aromatic carbocycles. The minimum atomic E-state index is 0.0526. The molecule has 2 amide bonds. The number of carbonyl (C=O) groups is 2. The monoisotopic (exact) mass is 224 g/mol. The third kappa shape index (κ3) is 3.36. The molecule has 1 aliphatic rings. The Morgan fingerprint density at radius 3 is 2.50 bits per heavy atom. The van der Waals surface area contributed by atoms with Gasteiger partial charge in [0.2, 0.25) is 11.8 Å². The van der Waals surface area contributed by atoms with Crippen molar-refractivity contribution in [2.45, 2.75) is 26.7 Å². The summed E-state index contributed by atoms with van der Waals surface area (Å²) in [6.07, 6.45) is 4.87. The Labute approximate surface area is 96.7 Å². The number of hydrogen-bond acceptors (Lipinski definition) is 2. The fourth-order valence-corrected chi connectivity index (χ4v) is 1.93. The summed E-state index contributed by atoms with van der Waals surface area (Å²) in [4.78, 5) is 24.9. The zero-order valence-electron chi connectivity index (χ0n) is 10.0. The summed E-state index contributed by atoms with van der Waals surface area (Å²) in [6, 6.07) is 0. The van der Waals surface area contributed by atoms with E-state index in [9.17, 15) is 9.59 Å². The van der Waals surface area contributed by atoms with Gasteiger partial charge in [-0.05, 0) is 32.8 Å². The van der Waals surface area contributed by atoms with E-state index in [4.69, 9.17) is 0 Å².